The van der Waals surface area contributed by atoms with Gasteiger partial charge in [-0.15, -0.1) is 0 Å². The molecule has 0 aliphatic carbocycles. The first-order valence-electron chi connectivity index (χ1n) is 3.85. The number of benzene rings is 1. The van der Waals surface area contributed by atoms with Gasteiger partial charge in [0.25, 0.3) is 5.91 Å². The average Bonchev–Trinajstić information content (AvgIpc) is 2.10. The van der Waals surface area contributed by atoms with Gasteiger partial charge >= 0.3 is 0 Å². The number of hydroxylamine groups is 1. The van der Waals surface area contributed by atoms with Crippen LogP contribution in [-0.2, 0) is 4.84 Å². The van der Waals surface area contributed by atoms with E-state index in [-0.39, 0.29) is 5.91 Å². The number of nitrogens with two attached hydrogens (primary N) is 1. The summed E-state index contributed by atoms with van der Waals surface area (Å²) in [5.41, 5.74) is 9.76. The Morgan fingerprint density at radius 1 is 1.54 bits per heavy atom. The number of carbonyl (C=O) groups excluding carboxylic acids is 1. The zero-order valence-corrected chi connectivity index (χ0v) is 7.63. The second kappa shape index (κ2) is 3.91. The molecular weight excluding hydrogens is 168 g/mol. The largest absolute Gasteiger partial charge is 0.398 e. The van der Waals surface area contributed by atoms with Crippen LogP contribution in [0.25, 0.3) is 0 Å². The molecule has 0 spiro atoms. The standard InChI is InChI=1S/C9H12N2O2/c1-6-7(9(12)11-13-2)4-3-5-8(6)10/h3-5H,10H2,1-2H3,(H,11,12). The van der Waals surface area contributed by atoms with Gasteiger partial charge in [0.05, 0.1) is 7.11 Å². The number of carbonyl (C=O) groups is 1. The third-order valence-corrected chi connectivity index (χ3v) is 1.82. The summed E-state index contributed by atoms with van der Waals surface area (Å²) < 4.78 is 0. The first-order valence-corrected chi connectivity index (χ1v) is 3.85. The van der Waals surface area contributed by atoms with E-state index < -0.39 is 0 Å². The number of anilines is 1. The predicted molar refractivity (Wildman–Crippen MR) is 50.1 cm³/mol. The maximum Gasteiger partial charge on any atom is 0.275 e. The molecule has 0 aliphatic rings. The van der Waals surface area contributed by atoms with Gasteiger partial charge in [-0.1, -0.05) is 6.07 Å². The van der Waals surface area contributed by atoms with E-state index in [0.717, 1.165) is 5.56 Å². The van der Waals surface area contributed by atoms with Crippen LogP contribution in [0.3, 0.4) is 0 Å². The lowest BCUT2D eigenvalue weighted by Gasteiger charge is -2.06. The third kappa shape index (κ3) is 1.97. The minimum atomic E-state index is -0.285. The number of rotatable bonds is 2. The first kappa shape index (κ1) is 9.54. The van der Waals surface area contributed by atoms with Gasteiger partial charge in [-0.3, -0.25) is 9.63 Å². The predicted octanol–water partition coefficient (Wildman–Crippen LogP) is 0.868. The topological polar surface area (TPSA) is 64.3 Å². The number of nitrogens with one attached hydrogen (secondary N) is 1. The Hall–Kier alpha value is -1.55. The highest BCUT2D eigenvalue weighted by molar-refractivity contribution is 5.96. The Bertz CT molecular complexity index is 323. The van der Waals surface area contributed by atoms with Crippen LogP contribution in [0, 0.1) is 6.92 Å². The summed E-state index contributed by atoms with van der Waals surface area (Å²) in [5, 5.41) is 0. The quantitative estimate of drug-likeness (QED) is 0.524. The normalized spacial score (nSPS) is 9.69. The fraction of sp³-hybridized carbons (Fsp3) is 0.222. The fourth-order valence-corrected chi connectivity index (χ4v) is 1.05. The van der Waals surface area contributed by atoms with Crippen molar-refractivity contribution in [3.05, 3.63) is 29.3 Å². The molecule has 0 unspecified atom stereocenters. The van der Waals surface area contributed by atoms with Crippen LogP contribution in [-0.4, -0.2) is 13.0 Å². The summed E-state index contributed by atoms with van der Waals surface area (Å²) in [4.78, 5) is 15.8. The Labute approximate surface area is 76.6 Å². The molecule has 0 atom stereocenters. The Morgan fingerprint density at radius 2 is 2.23 bits per heavy atom. The van der Waals surface area contributed by atoms with E-state index in [1.165, 1.54) is 7.11 Å². The van der Waals surface area contributed by atoms with Crippen molar-refractivity contribution in [1.29, 1.82) is 0 Å². The minimum absolute atomic E-state index is 0.285. The molecule has 0 fully saturated rings. The highest BCUT2D eigenvalue weighted by atomic mass is 16.6. The number of hydrogen-bond donors (Lipinski definition) is 2. The lowest BCUT2D eigenvalue weighted by Crippen LogP contribution is -2.22. The van der Waals surface area contributed by atoms with Crippen molar-refractivity contribution in [2.75, 3.05) is 12.8 Å². The van der Waals surface area contributed by atoms with Gasteiger partial charge in [0.2, 0.25) is 0 Å². The van der Waals surface area contributed by atoms with E-state index in [2.05, 4.69) is 10.3 Å². The molecule has 13 heavy (non-hydrogen) atoms. The van der Waals surface area contributed by atoms with Crippen LogP contribution < -0.4 is 11.2 Å². The summed E-state index contributed by atoms with van der Waals surface area (Å²) in [6, 6.07) is 5.17. The van der Waals surface area contributed by atoms with E-state index in [9.17, 15) is 4.79 Å². The van der Waals surface area contributed by atoms with Gasteiger partial charge in [0.15, 0.2) is 0 Å². The second-order valence-electron chi connectivity index (χ2n) is 2.66. The van der Waals surface area contributed by atoms with Crippen molar-refractivity contribution in [1.82, 2.24) is 5.48 Å². The van der Waals surface area contributed by atoms with Crippen LogP contribution in [0.15, 0.2) is 18.2 Å². The zero-order chi connectivity index (χ0) is 9.84. The van der Waals surface area contributed by atoms with Crippen molar-refractivity contribution in [2.24, 2.45) is 0 Å². The van der Waals surface area contributed by atoms with Gasteiger partial charge in [-0.05, 0) is 24.6 Å². The highest BCUT2D eigenvalue weighted by Crippen LogP contribution is 2.14. The molecule has 1 amide bonds. The Kier molecular flexibility index (Phi) is 2.87. The van der Waals surface area contributed by atoms with E-state index in [0.29, 0.717) is 11.3 Å². The van der Waals surface area contributed by atoms with Crippen molar-refractivity contribution < 1.29 is 9.63 Å². The summed E-state index contributed by atoms with van der Waals surface area (Å²) in [6.07, 6.45) is 0. The van der Waals surface area contributed by atoms with Crippen LogP contribution in [0.4, 0.5) is 5.69 Å². The zero-order valence-electron chi connectivity index (χ0n) is 7.63. The molecule has 0 aromatic heterocycles. The van der Waals surface area contributed by atoms with Gasteiger partial charge in [-0.25, -0.2) is 5.48 Å². The summed E-state index contributed by atoms with van der Waals surface area (Å²) in [5.74, 6) is -0.285. The van der Waals surface area contributed by atoms with Crippen LogP contribution >= 0.6 is 0 Å². The molecule has 0 heterocycles. The van der Waals surface area contributed by atoms with Crippen LogP contribution in [0.1, 0.15) is 15.9 Å². The second-order valence-corrected chi connectivity index (χ2v) is 2.66. The van der Waals surface area contributed by atoms with Crippen molar-refractivity contribution in [3.8, 4) is 0 Å². The molecule has 1 aromatic rings. The lowest BCUT2D eigenvalue weighted by atomic mass is 10.1. The van der Waals surface area contributed by atoms with Gasteiger partial charge < -0.3 is 5.73 Å². The molecule has 0 saturated carbocycles. The molecule has 1 aromatic carbocycles. The maximum atomic E-state index is 11.3. The molecule has 0 bridgehead atoms. The molecule has 0 radical (unpaired) electrons. The lowest BCUT2D eigenvalue weighted by molar-refractivity contribution is 0.0537. The van der Waals surface area contributed by atoms with E-state index in [4.69, 9.17) is 5.73 Å². The van der Waals surface area contributed by atoms with Crippen molar-refractivity contribution >= 4 is 11.6 Å². The Morgan fingerprint density at radius 3 is 2.85 bits per heavy atom. The maximum absolute atomic E-state index is 11.3. The first-order chi connectivity index (χ1) is 6.16. The van der Waals surface area contributed by atoms with E-state index in [1.54, 1.807) is 25.1 Å². The highest BCUT2D eigenvalue weighted by Gasteiger charge is 2.09. The number of amides is 1. The SMILES string of the molecule is CONC(=O)c1cccc(N)c1C. The molecule has 0 aliphatic heterocycles. The molecule has 70 valence electrons. The fourth-order valence-electron chi connectivity index (χ4n) is 1.05. The molecule has 3 N–H and O–H groups in total. The van der Waals surface area contributed by atoms with Crippen molar-refractivity contribution in [3.63, 3.8) is 0 Å². The molecule has 1 rings (SSSR count). The van der Waals surface area contributed by atoms with Crippen molar-refractivity contribution in [2.45, 2.75) is 6.92 Å². The van der Waals surface area contributed by atoms with Gasteiger partial charge in [0, 0.05) is 11.3 Å². The monoisotopic (exact) mass is 180 g/mol. The van der Waals surface area contributed by atoms with Gasteiger partial charge in [0.1, 0.15) is 0 Å². The van der Waals surface area contributed by atoms with E-state index >= 15 is 0 Å². The summed E-state index contributed by atoms with van der Waals surface area (Å²) in [6.45, 7) is 1.79. The van der Waals surface area contributed by atoms with Crippen LogP contribution in [0.2, 0.25) is 0 Å². The molecule has 4 heteroatoms. The number of hydrogen-bond acceptors (Lipinski definition) is 3. The summed E-state index contributed by atoms with van der Waals surface area (Å²) >= 11 is 0. The smallest absolute Gasteiger partial charge is 0.275 e. The Balaban J connectivity index is 3.01. The minimum Gasteiger partial charge on any atom is -0.398 e. The average molecular weight is 180 g/mol. The van der Waals surface area contributed by atoms with Gasteiger partial charge in [-0.2, -0.15) is 0 Å². The molecule has 0 saturated heterocycles. The summed E-state index contributed by atoms with van der Waals surface area (Å²) in [7, 11) is 1.39. The molecular formula is C9H12N2O2. The molecule has 4 nitrogen and oxygen atoms in total. The van der Waals surface area contributed by atoms with E-state index in [1.807, 2.05) is 0 Å². The number of nitrogen functional groups attached to an aromatic ring is 1. The third-order valence-electron chi connectivity index (χ3n) is 1.82. The van der Waals surface area contributed by atoms with Crippen LogP contribution in [0.5, 0.6) is 0 Å².